The van der Waals surface area contributed by atoms with Crippen LogP contribution in [0.1, 0.15) is 175 Å². The summed E-state index contributed by atoms with van der Waals surface area (Å²) in [6.07, 6.45) is -1.09. The molecule has 2 aliphatic carbocycles. The Morgan fingerprint density at radius 3 is 1.22 bits per heavy atom. The highest BCUT2D eigenvalue weighted by molar-refractivity contribution is 6.76. The molecule has 4 aromatic rings. The molecular formula is C66H84O20Si2. The Kier molecular flexibility index (Phi) is 13.8. The highest BCUT2D eigenvalue weighted by atomic mass is 28.4. The van der Waals surface area contributed by atoms with Crippen molar-refractivity contribution in [2.24, 2.45) is 5.92 Å². The number of aliphatic hydroxyl groups is 3. The van der Waals surface area contributed by atoms with Crippen molar-refractivity contribution in [2.45, 2.75) is 209 Å². The average Bonchev–Trinajstić information content (AvgIpc) is 1.39. The molecule has 88 heavy (non-hydrogen) atoms. The van der Waals surface area contributed by atoms with Gasteiger partial charge in [-0.3, -0.25) is 19.2 Å². The summed E-state index contributed by atoms with van der Waals surface area (Å²) in [6, 6.07) is 3.98. The maximum atomic E-state index is 13.9. The van der Waals surface area contributed by atoms with E-state index in [0.29, 0.717) is 93.2 Å². The number of rotatable bonds is 10. The minimum Gasteiger partial charge on any atom is -0.510 e. The van der Waals surface area contributed by atoms with Gasteiger partial charge in [-0.2, -0.15) is 0 Å². The Bertz CT molecular complexity index is 3430. The Balaban J connectivity index is 0.000000162. The van der Waals surface area contributed by atoms with Crippen molar-refractivity contribution >= 4 is 61.8 Å². The first-order valence-electron chi connectivity index (χ1n) is 30.9. The standard InChI is InChI=1S/2C33H42O10Si/c1-16-13-18-23-25(21(16)27-28-29(36)32(15-39-32)33(40-27,41-28)20(14-34)37-8)42-44(30(2,3)4,31(5,6)7)43-26(23)22-17(24(18)38-9)11-10-12-19(22)35;1-16-12-19-23-25(21(16)27-28-29(37)32(15-39-32)33(40-27,41-28)17(13-34)14-35)42-44(30(2,3)4,31(5,6)7)43-26(23)22-18(24(19)38-8)10-9-11-20(22)36/h13,20,27-28,34H,10-12,14-15H2,1-9H3;12,17,27-28,34-35H,9-11,13-15H2,1-8H3/t20?,27?,28?,32-,33?;27?,28?,32-,33?/m00/s1. The first-order chi connectivity index (χ1) is 41.3. The Labute approximate surface area is 514 Å². The van der Waals surface area contributed by atoms with Crippen LogP contribution in [0.4, 0.5) is 0 Å². The quantitative estimate of drug-likeness (QED) is 0.0986. The number of carbonyl (C=O) groups excluding carboxylic acids is 4. The molecule has 3 N–H and O–H groups in total. The number of ether oxygens (including phenoxy) is 9. The van der Waals surface area contributed by atoms with Gasteiger partial charge in [-0.15, -0.1) is 0 Å². The lowest BCUT2D eigenvalue weighted by molar-refractivity contribution is -0.259. The molecule has 0 amide bonds. The van der Waals surface area contributed by atoms with Crippen molar-refractivity contribution in [3.05, 3.63) is 56.6 Å². The monoisotopic (exact) mass is 1250 g/mol. The number of hydrogen-bond donors (Lipinski definition) is 3. The smallest absolute Gasteiger partial charge is 0.471 e. The zero-order valence-electron chi connectivity index (χ0n) is 53.7. The summed E-state index contributed by atoms with van der Waals surface area (Å²) in [6.45, 7) is 28.1. The summed E-state index contributed by atoms with van der Waals surface area (Å²) in [7, 11) is -1.95. The molecule has 0 aromatic heterocycles. The molecule has 8 aliphatic heterocycles. The van der Waals surface area contributed by atoms with Crippen LogP contribution in [0.2, 0.25) is 20.2 Å². The van der Waals surface area contributed by atoms with Gasteiger partial charge >= 0.3 is 17.1 Å². The van der Waals surface area contributed by atoms with Crippen molar-refractivity contribution in [3.63, 3.8) is 0 Å². The van der Waals surface area contributed by atoms with E-state index in [2.05, 4.69) is 83.1 Å². The Hall–Kier alpha value is -5.09. The number of aliphatic hydroxyl groups excluding tert-OH is 3. The van der Waals surface area contributed by atoms with Crippen LogP contribution in [0, 0.1) is 19.8 Å². The van der Waals surface area contributed by atoms with Crippen molar-refractivity contribution in [1.82, 2.24) is 0 Å². The molecule has 6 saturated heterocycles. The fourth-order valence-electron chi connectivity index (χ4n) is 16.8. The zero-order valence-corrected chi connectivity index (χ0v) is 55.7. The van der Waals surface area contributed by atoms with Crippen LogP contribution < -0.4 is 27.2 Å². The second kappa shape index (κ2) is 19.7. The lowest BCUT2D eigenvalue weighted by atomic mass is 9.80. The Morgan fingerprint density at radius 2 is 0.875 bits per heavy atom. The first kappa shape index (κ1) is 61.8. The van der Waals surface area contributed by atoms with Gasteiger partial charge in [0.25, 0.3) is 0 Å². The molecule has 476 valence electrons. The van der Waals surface area contributed by atoms with Gasteiger partial charge in [0.15, 0.2) is 23.8 Å². The lowest BCUT2D eigenvalue weighted by Crippen LogP contribution is -2.63. The molecule has 22 heteroatoms. The molecule has 2 spiro atoms. The highest BCUT2D eigenvalue weighted by Crippen LogP contribution is 2.68. The summed E-state index contributed by atoms with van der Waals surface area (Å²) in [5, 5.41) is 31.8. The third-order valence-electron chi connectivity index (χ3n) is 20.6. The largest absolute Gasteiger partial charge is 0.510 e. The number of carbonyl (C=O) groups is 4. The molecule has 7 unspecified atom stereocenters. The summed E-state index contributed by atoms with van der Waals surface area (Å²) in [5.41, 5.74) is 3.05. The fourth-order valence-corrected chi connectivity index (χ4v) is 25.8. The molecule has 4 aromatic carbocycles. The third-order valence-corrected chi connectivity index (χ3v) is 30.5. The van der Waals surface area contributed by atoms with Gasteiger partial charge in [-0.25, -0.2) is 0 Å². The van der Waals surface area contributed by atoms with Crippen LogP contribution in [0.15, 0.2) is 12.1 Å². The van der Waals surface area contributed by atoms with Crippen molar-refractivity contribution < 1.29 is 94.8 Å². The van der Waals surface area contributed by atoms with Crippen molar-refractivity contribution in [3.8, 4) is 34.5 Å². The second-order valence-electron chi connectivity index (χ2n) is 29.8. The van der Waals surface area contributed by atoms with Gasteiger partial charge in [0, 0.05) is 73.1 Å². The van der Waals surface area contributed by atoms with Crippen LogP contribution in [-0.4, -0.2) is 151 Å². The van der Waals surface area contributed by atoms with Gasteiger partial charge in [-0.1, -0.05) is 83.1 Å². The number of epoxide rings is 2. The molecule has 8 heterocycles. The number of benzene rings is 4. The van der Waals surface area contributed by atoms with E-state index in [1.54, 1.807) is 14.2 Å². The molecule has 0 saturated carbocycles. The fraction of sp³-hybridized carbons (Fsp3) is 0.636. The number of ketones is 4. The number of methoxy groups -OCH3 is 3. The first-order valence-corrected chi connectivity index (χ1v) is 34.5. The number of aryl methyl sites for hydroxylation is 2. The van der Waals surface area contributed by atoms with Gasteiger partial charge < -0.3 is 75.7 Å². The lowest BCUT2D eigenvalue weighted by Gasteiger charge is -2.51. The van der Waals surface area contributed by atoms with E-state index in [0.717, 1.165) is 45.9 Å². The van der Waals surface area contributed by atoms with Gasteiger partial charge in [0.2, 0.25) is 34.3 Å². The van der Waals surface area contributed by atoms with E-state index in [-0.39, 0.29) is 36.3 Å². The summed E-state index contributed by atoms with van der Waals surface area (Å²) in [4.78, 5) is 55.3. The molecule has 0 radical (unpaired) electrons. The summed E-state index contributed by atoms with van der Waals surface area (Å²) < 4.78 is 84.1. The van der Waals surface area contributed by atoms with Gasteiger partial charge in [0.05, 0.1) is 75.1 Å². The van der Waals surface area contributed by atoms with Crippen LogP contribution >= 0.6 is 0 Å². The number of Topliss-reactive ketones (excluding diaryl/α,β-unsaturated/α-hetero) is 4. The van der Waals surface area contributed by atoms with Crippen LogP contribution in [0.5, 0.6) is 34.5 Å². The van der Waals surface area contributed by atoms with E-state index in [1.165, 1.54) is 7.11 Å². The van der Waals surface area contributed by atoms with E-state index in [9.17, 15) is 34.5 Å². The normalized spacial score (nSPS) is 30.5. The maximum absolute atomic E-state index is 13.9. The van der Waals surface area contributed by atoms with E-state index >= 15 is 0 Å². The minimum absolute atomic E-state index is 0.0114. The van der Waals surface area contributed by atoms with Crippen LogP contribution in [0.25, 0.3) is 21.5 Å². The summed E-state index contributed by atoms with van der Waals surface area (Å²) >= 11 is 0. The van der Waals surface area contributed by atoms with E-state index in [1.807, 2.05) is 26.0 Å². The molecule has 10 aliphatic rings. The average molecular weight is 1250 g/mol. The highest BCUT2D eigenvalue weighted by Gasteiger charge is 2.85. The van der Waals surface area contributed by atoms with E-state index in [4.69, 9.17) is 60.3 Å². The second-order valence-corrected chi connectivity index (χ2v) is 39.0. The maximum Gasteiger partial charge on any atom is 0.471 e. The molecule has 9 atom stereocenters. The third kappa shape index (κ3) is 7.71. The zero-order chi connectivity index (χ0) is 63.6. The topological polar surface area (TPSA) is 256 Å². The van der Waals surface area contributed by atoms with Crippen LogP contribution in [0.3, 0.4) is 0 Å². The predicted octanol–water partition coefficient (Wildman–Crippen LogP) is 9.60. The van der Waals surface area contributed by atoms with E-state index < -0.39 is 116 Å². The predicted molar refractivity (Wildman–Crippen MR) is 324 cm³/mol. The van der Waals surface area contributed by atoms with Crippen LogP contribution in [-0.2, 0) is 55.6 Å². The molecule has 6 fully saturated rings. The number of fused-ring (bicyclic) bond motifs is 10. The van der Waals surface area contributed by atoms with Gasteiger partial charge in [-0.05, 0) is 62.8 Å². The SMILES string of the molecule is COc1c2c(c3c4c(c(C5OC6(C(CO)CO)OC5C(=O)[C@@]65CO5)c(C)cc14)O[Si](C(C)(C)C)(C(C)(C)C)O3)C(=O)CCC2.COc1c2c(c3c4c(c(C5OC6(C(CO)OC)OC5C(=O)[C@@]65CO5)c(C)cc14)O[Si](C(C)(C)C)(C(C)(C)C)O3)C(=O)CCC2. The van der Waals surface area contributed by atoms with Crippen molar-refractivity contribution in [2.75, 3.05) is 54.4 Å². The molecular weight excluding hydrogens is 1170 g/mol. The van der Waals surface area contributed by atoms with Crippen molar-refractivity contribution in [1.29, 1.82) is 0 Å². The molecule has 4 bridgehead atoms. The Morgan fingerprint density at radius 1 is 0.523 bits per heavy atom. The molecule has 14 rings (SSSR count). The molecule has 20 nitrogen and oxygen atoms in total. The minimum atomic E-state index is -3.32. The van der Waals surface area contributed by atoms with Gasteiger partial charge in [0.1, 0.15) is 52.8 Å². The number of hydrogen-bond acceptors (Lipinski definition) is 20. The summed E-state index contributed by atoms with van der Waals surface area (Å²) in [5.74, 6) is -1.26.